The van der Waals surface area contributed by atoms with E-state index in [-0.39, 0.29) is 11.5 Å². The molecule has 1 aliphatic carbocycles. The molecule has 1 amide bonds. The summed E-state index contributed by atoms with van der Waals surface area (Å²) < 4.78 is 0. The van der Waals surface area contributed by atoms with Gasteiger partial charge in [-0.2, -0.15) is 0 Å². The summed E-state index contributed by atoms with van der Waals surface area (Å²) in [7, 11) is 0. The summed E-state index contributed by atoms with van der Waals surface area (Å²) >= 11 is 0. The highest BCUT2D eigenvalue weighted by atomic mass is 16.4. The lowest BCUT2D eigenvalue weighted by Gasteiger charge is -2.25. The second kappa shape index (κ2) is 6.36. The number of hydrogen-bond donors (Lipinski definition) is 2. The number of hydrogen-bond acceptors (Lipinski definition) is 2. The normalized spacial score (nSPS) is 14.7. The number of nitrogens with one attached hydrogen (secondary N) is 1. The number of benzene rings is 1. The van der Waals surface area contributed by atoms with Crippen molar-refractivity contribution < 1.29 is 14.7 Å². The van der Waals surface area contributed by atoms with Crippen LogP contribution < -0.4 is 5.32 Å². The van der Waals surface area contributed by atoms with Crippen molar-refractivity contribution in [3.8, 4) is 0 Å². The van der Waals surface area contributed by atoms with Crippen LogP contribution in [0.15, 0.2) is 24.3 Å². The fourth-order valence-corrected chi connectivity index (χ4v) is 2.24. The Labute approximate surface area is 112 Å². The second-order valence-corrected chi connectivity index (χ2v) is 5.06. The van der Waals surface area contributed by atoms with Gasteiger partial charge in [0.15, 0.2) is 0 Å². The number of aryl methyl sites for hydroxylation is 1. The lowest BCUT2D eigenvalue weighted by molar-refractivity contribution is -0.121. The molecule has 2 rings (SSSR count). The molecule has 0 bridgehead atoms. The maximum Gasteiger partial charge on any atom is 0.335 e. The number of rotatable bonds is 6. The van der Waals surface area contributed by atoms with Crippen LogP contribution in [0.25, 0.3) is 0 Å². The predicted octanol–water partition coefficient (Wildman–Crippen LogP) is 2.23. The lowest BCUT2D eigenvalue weighted by Crippen LogP contribution is -2.32. The maximum absolute atomic E-state index is 11.7. The fourth-order valence-electron chi connectivity index (χ4n) is 2.24. The number of aromatic carboxylic acids is 1. The van der Waals surface area contributed by atoms with Crippen LogP contribution in [-0.4, -0.2) is 23.5 Å². The van der Waals surface area contributed by atoms with Crippen molar-refractivity contribution in [3.63, 3.8) is 0 Å². The first-order valence-electron chi connectivity index (χ1n) is 6.74. The second-order valence-electron chi connectivity index (χ2n) is 5.06. The Morgan fingerprint density at radius 3 is 2.63 bits per heavy atom. The predicted molar refractivity (Wildman–Crippen MR) is 72.1 cm³/mol. The Bertz CT molecular complexity index is 466. The van der Waals surface area contributed by atoms with Crippen LogP contribution in [0.4, 0.5) is 0 Å². The average molecular weight is 261 g/mol. The summed E-state index contributed by atoms with van der Waals surface area (Å²) in [5, 5.41) is 12.0. The molecule has 4 nitrogen and oxygen atoms in total. The van der Waals surface area contributed by atoms with Gasteiger partial charge in [-0.1, -0.05) is 24.6 Å². The summed E-state index contributed by atoms with van der Waals surface area (Å²) in [6.45, 7) is 0.763. The third-order valence-electron chi connectivity index (χ3n) is 3.68. The maximum atomic E-state index is 11.7. The zero-order valence-electron chi connectivity index (χ0n) is 10.9. The SMILES string of the molecule is O=C(CCc1ccccc1C(=O)O)NCC1CCC1. The van der Waals surface area contributed by atoms with Gasteiger partial charge in [-0.15, -0.1) is 0 Å². The smallest absolute Gasteiger partial charge is 0.335 e. The third-order valence-corrected chi connectivity index (χ3v) is 3.68. The Morgan fingerprint density at radius 2 is 2.00 bits per heavy atom. The molecule has 0 heterocycles. The van der Waals surface area contributed by atoms with Gasteiger partial charge in [-0.25, -0.2) is 4.79 Å². The number of amides is 1. The molecule has 0 radical (unpaired) electrons. The van der Waals surface area contributed by atoms with E-state index in [0.717, 1.165) is 6.54 Å². The summed E-state index contributed by atoms with van der Waals surface area (Å²) in [6, 6.07) is 6.84. The van der Waals surface area contributed by atoms with Gasteiger partial charge in [0, 0.05) is 13.0 Å². The van der Waals surface area contributed by atoms with Crippen LogP contribution >= 0.6 is 0 Å². The molecule has 102 valence electrons. The standard InChI is InChI=1S/C15H19NO3/c17-14(16-10-11-4-3-5-11)9-8-12-6-1-2-7-13(12)15(18)19/h1-2,6-7,11H,3-5,8-10H2,(H,16,17)(H,18,19). The molecule has 19 heavy (non-hydrogen) atoms. The summed E-state index contributed by atoms with van der Waals surface area (Å²) in [6.07, 6.45) is 4.51. The van der Waals surface area contributed by atoms with E-state index in [1.165, 1.54) is 19.3 Å². The highest BCUT2D eigenvalue weighted by Crippen LogP contribution is 2.25. The van der Waals surface area contributed by atoms with Crippen LogP contribution in [0.2, 0.25) is 0 Å². The molecular weight excluding hydrogens is 242 g/mol. The van der Waals surface area contributed by atoms with Crippen molar-refractivity contribution in [2.24, 2.45) is 5.92 Å². The van der Waals surface area contributed by atoms with Crippen LogP contribution in [0.1, 0.15) is 41.6 Å². The number of carbonyl (C=O) groups excluding carboxylic acids is 1. The number of carboxylic acid groups (broad SMARTS) is 1. The first kappa shape index (κ1) is 13.6. The van der Waals surface area contributed by atoms with Crippen molar-refractivity contribution in [3.05, 3.63) is 35.4 Å². The molecule has 1 saturated carbocycles. The molecule has 1 aromatic rings. The minimum atomic E-state index is -0.939. The molecular formula is C15H19NO3. The highest BCUT2D eigenvalue weighted by molar-refractivity contribution is 5.89. The van der Waals surface area contributed by atoms with Crippen molar-refractivity contribution in [1.29, 1.82) is 0 Å². The molecule has 1 aromatic carbocycles. The van der Waals surface area contributed by atoms with E-state index in [4.69, 9.17) is 5.11 Å². The number of carboxylic acids is 1. The van der Waals surface area contributed by atoms with Gasteiger partial charge in [0.05, 0.1) is 5.56 Å². The van der Waals surface area contributed by atoms with E-state index < -0.39 is 5.97 Å². The van der Waals surface area contributed by atoms with Crippen LogP contribution in [0.3, 0.4) is 0 Å². The number of carbonyl (C=O) groups is 2. The monoisotopic (exact) mass is 261 g/mol. The van der Waals surface area contributed by atoms with Crippen molar-refractivity contribution in [1.82, 2.24) is 5.32 Å². The molecule has 0 spiro atoms. The van der Waals surface area contributed by atoms with Crippen LogP contribution in [0.5, 0.6) is 0 Å². The Morgan fingerprint density at radius 1 is 1.26 bits per heavy atom. The van der Waals surface area contributed by atoms with Crippen LogP contribution in [0, 0.1) is 5.92 Å². The summed E-state index contributed by atoms with van der Waals surface area (Å²) in [5.74, 6) is -0.284. The van der Waals surface area contributed by atoms with Gasteiger partial charge in [0.1, 0.15) is 0 Å². The Kier molecular flexibility index (Phi) is 4.55. The first-order chi connectivity index (χ1) is 9.16. The largest absolute Gasteiger partial charge is 0.478 e. The van der Waals surface area contributed by atoms with Crippen molar-refractivity contribution in [2.45, 2.75) is 32.1 Å². The van der Waals surface area contributed by atoms with E-state index in [2.05, 4.69) is 5.32 Å². The van der Waals surface area contributed by atoms with Gasteiger partial charge in [-0.3, -0.25) is 4.79 Å². The molecule has 0 saturated heterocycles. The van der Waals surface area contributed by atoms with Gasteiger partial charge in [0.2, 0.25) is 5.91 Å². The van der Waals surface area contributed by atoms with Gasteiger partial charge < -0.3 is 10.4 Å². The van der Waals surface area contributed by atoms with Gasteiger partial charge >= 0.3 is 5.97 Å². The van der Waals surface area contributed by atoms with Crippen LogP contribution in [-0.2, 0) is 11.2 Å². The molecule has 1 aliphatic rings. The van der Waals surface area contributed by atoms with Gasteiger partial charge in [-0.05, 0) is 36.8 Å². The molecule has 0 aromatic heterocycles. The van der Waals surface area contributed by atoms with E-state index in [0.29, 0.717) is 24.3 Å². The van der Waals surface area contributed by atoms with Gasteiger partial charge in [0.25, 0.3) is 0 Å². The molecule has 0 unspecified atom stereocenters. The topological polar surface area (TPSA) is 66.4 Å². The Balaban J connectivity index is 1.80. The average Bonchev–Trinajstić information content (AvgIpc) is 2.34. The van der Waals surface area contributed by atoms with E-state index in [1.807, 2.05) is 0 Å². The fraction of sp³-hybridized carbons (Fsp3) is 0.467. The third kappa shape index (κ3) is 3.81. The minimum absolute atomic E-state index is 0.00657. The summed E-state index contributed by atoms with van der Waals surface area (Å²) in [4.78, 5) is 22.7. The molecule has 4 heteroatoms. The minimum Gasteiger partial charge on any atom is -0.478 e. The summed E-state index contributed by atoms with van der Waals surface area (Å²) in [5.41, 5.74) is 1.00. The molecule has 2 N–H and O–H groups in total. The molecule has 0 aliphatic heterocycles. The lowest BCUT2D eigenvalue weighted by atomic mass is 9.85. The highest BCUT2D eigenvalue weighted by Gasteiger charge is 2.18. The molecule has 1 fully saturated rings. The first-order valence-corrected chi connectivity index (χ1v) is 6.74. The van der Waals surface area contributed by atoms with Crippen molar-refractivity contribution >= 4 is 11.9 Å². The van der Waals surface area contributed by atoms with Crippen molar-refractivity contribution in [2.75, 3.05) is 6.54 Å². The Hall–Kier alpha value is -1.84. The van der Waals surface area contributed by atoms with E-state index in [1.54, 1.807) is 24.3 Å². The van der Waals surface area contributed by atoms with E-state index in [9.17, 15) is 9.59 Å². The zero-order chi connectivity index (χ0) is 13.7. The quantitative estimate of drug-likeness (QED) is 0.825. The zero-order valence-corrected chi connectivity index (χ0v) is 10.9. The molecule has 0 atom stereocenters. The van der Waals surface area contributed by atoms with E-state index >= 15 is 0 Å².